The van der Waals surface area contributed by atoms with Gasteiger partial charge >= 0.3 is 12.1 Å². The number of ether oxygens (including phenoxy) is 1. The van der Waals surface area contributed by atoms with E-state index in [0.717, 1.165) is 28.6 Å². The van der Waals surface area contributed by atoms with E-state index in [1.807, 2.05) is 0 Å². The highest BCUT2D eigenvalue weighted by atomic mass is 35.5. The molecule has 168 valence electrons. The summed E-state index contributed by atoms with van der Waals surface area (Å²) < 4.78 is 84.4. The minimum atomic E-state index is -4.81. The van der Waals surface area contributed by atoms with Gasteiger partial charge in [0.15, 0.2) is 0 Å². The minimum Gasteiger partial charge on any atom is -0.461 e. The van der Waals surface area contributed by atoms with Crippen molar-refractivity contribution in [3.05, 3.63) is 64.4 Å². The molecule has 1 heterocycles. The van der Waals surface area contributed by atoms with E-state index in [2.05, 4.69) is 0 Å². The van der Waals surface area contributed by atoms with Crippen LogP contribution in [0, 0.1) is 11.7 Å². The highest BCUT2D eigenvalue weighted by Crippen LogP contribution is 2.36. The number of hydrogen-bond acceptors (Lipinski definition) is 4. The largest absolute Gasteiger partial charge is 0.461 e. The van der Waals surface area contributed by atoms with Crippen LogP contribution in [0.2, 0.25) is 5.02 Å². The minimum absolute atomic E-state index is 0.101. The maximum Gasteiger partial charge on any atom is 0.417 e. The van der Waals surface area contributed by atoms with Crippen molar-refractivity contribution in [2.75, 3.05) is 13.1 Å². The zero-order chi connectivity index (χ0) is 22.8. The van der Waals surface area contributed by atoms with Crippen molar-refractivity contribution in [2.45, 2.75) is 30.5 Å². The van der Waals surface area contributed by atoms with Crippen molar-refractivity contribution in [2.24, 2.45) is 5.92 Å². The summed E-state index contributed by atoms with van der Waals surface area (Å²) in [6, 6.07) is 7.65. The maximum absolute atomic E-state index is 13.2. The van der Waals surface area contributed by atoms with E-state index in [4.69, 9.17) is 16.3 Å². The van der Waals surface area contributed by atoms with E-state index >= 15 is 0 Å². The monoisotopic (exact) mass is 479 g/mol. The molecule has 11 heteroatoms. The molecule has 0 spiro atoms. The first-order chi connectivity index (χ1) is 14.5. The van der Waals surface area contributed by atoms with Gasteiger partial charge in [-0.15, -0.1) is 0 Å². The number of hydrogen-bond donors (Lipinski definition) is 0. The summed E-state index contributed by atoms with van der Waals surface area (Å²) in [6.07, 6.45) is -4.61. The summed E-state index contributed by atoms with van der Waals surface area (Å²) in [5.74, 6) is -1.71. The van der Waals surface area contributed by atoms with Crippen LogP contribution in [0.4, 0.5) is 17.6 Å². The van der Waals surface area contributed by atoms with Crippen LogP contribution in [0.5, 0.6) is 0 Å². The Labute approximate surface area is 181 Å². The van der Waals surface area contributed by atoms with Crippen LogP contribution in [0.15, 0.2) is 47.4 Å². The van der Waals surface area contributed by atoms with Gasteiger partial charge in [-0.25, -0.2) is 12.8 Å². The average molecular weight is 480 g/mol. The molecule has 5 nitrogen and oxygen atoms in total. The second kappa shape index (κ2) is 9.13. The number of halogens is 5. The third-order valence-corrected chi connectivity index (χ3v) is 7.29. The number of alkyl halides is 3. The molecule has 31 heavy (non-hydrogen) atoms. The van der Waals surface area contributed by atoms with Crippen LogP contribution in [-0.4, -0.2) is 31.8 Å². The molecule has 3 rings (SSSR count). The van der Waals surface area contributed by atoms with Crippen molar-refractivity contribution < 1.29 is 35.5 Å². The number of piperidine rings is 1. The lowest BCUT2D eigenvalue weighted by Crippen LogP contribution is -2.41. The summed E-state index contributed by atoms with van der Waals surface area (Å²) in [5, 5.41) is 0.108. The highest BCUT2D eigenvalue weighted by Gasteiger charge is 2.40. The molecule has 0 aliphatic carbocycles. The molecule has 0 saturated carbocycles. The predicted octanol–water partition coefficient (Wildman–Crippen LogP) is 4.64. The fraction of sp³-hybridized carbons (Fsp3) is 0.350. The number of nitrogens with zero attached hydrogens (tertiary/aromatic N) is 1. The van der Waals surface area contributed by atoms with Crippen LogP contribution in [0.25, 0.3) is 0 Å². The van der Waals surface area contributed by atoms with E-state index in [1.165, 1.54) is 18.2 Å². The molecule has 0 bridgehead atoms. The molecule has 0 radical (unpaired) electrons. The third kappa shape index (κ3) is 5.36. The Morgan fingerprint density at radius 2 is 1.77 bits per heavy atom. The van der Waals surface area contributed by atoms with Gasteiger partial charge in [-0.2, -0.15) is 17.5 Å². The van der Waals surface area contributed by atoms with E-state index in [9.17, 15) is 30.8 Å². The molecule has 0 N–H and O–H groups in total. The van der Waals surface area contributed by atoms with E-state index in [0.29, 0.717) is 5.56 Å². The first kappa shape index (κ1) is 23.5. The number of rotatable bonds is 5. The third-order valence-electron chi connectivity index (χ3n) is 4.98. The number of carbonyl (C=O) groups excluding carboxylic acids is 1. The van der Waals surface area contributed by atoms with Crippen molar-refractivity contribution in [3.8, 4) is 0 Å². The van der Waals surface area contributed by atoms with Gasteiger partial charge in [0.05, 0.1) is 21.4 Å². The molecule has 2 aromatic carbocycles. The van der Waals surface area contributed by atoms with Crippen molar-refractivity contribution in [1.82, 2.24) is 4.31 Å². The normalized spacial score (nSPS) is 16.3. The molecule has 1 aliphatic heterocycles. The number of esters is 1. The van der Waals surface area contributed by atoms with Gasteiger partial charge in [0.25, 0.3) is 0 Å². The van der Waals surface area contributed by atoms with Crippen molar-refractivity contribution in [3.63, 3.8) is 0 Å². The van der Waals surface area contributed by atoms with Crippen LogP contribution in [0.3, 0.4) is 0 Å². The van der Waals surface area contributed by atoms with Gasteiger partial charge in [-0.3, -0.25) is 4.79 Å². The smallest absolute Gasteiger partial charge is 0.417 e. The van der Waals surface area contributed by atoms with Crippen LogP contribution < -0.4 is 0 Å². The summed E-state index contributed by atoms with van der Waals surface area (Å²) in [7, 11) is -4.38. The Morgan fingerprint density at radius 3 is 2.39 bits per heavy atom. The maximum atomic E-state index is 13.2. The number of benzene rings is 2. The van der Waals surface area contributed by atoms with Gasteiger partial charge < -0.3 is 4.74 Å². The molecule has 1 aliphatic rings. The Kier molecular flexibility index (Phi) is 6.92. The Bertz CT molecular complexity index is 1070. The standard InChI is InChI=1S/C20H18ClF4NO4S/c21-17-11-15(22)6-5-14(17)12-30-19(27)13-7-9-26(10-8-13)31(28,29)18-4-2-1-3-16(18)20(23,24)25/h1-6,11,13H,7-10,12H2. The van der Waals surface area contributed by atoms with Crippen LogP contribution in [-0.2, 0) is 32.3 Å². The fourth-order valence-corrected chi connectivity index (χ4v) is 5.21. The van der Waals surface area contributed by atoms with E-state index in [1.54, 1.807) is 0 Å². The van der Waals surface area contributed by atoms with Gasteiger partial charge in [-0.1, -0.05) is 29.8 Å². The van der Waals surface area contributed by atoms with Crippen LogP contribution in [0.1, 0.15) is 24.0 Å². The highest BCUT2D eigenvalue weighted by molar-refractivity contribution is 7.89. The second-order valence-corrected chi connectivity index (χ2v) is 9.33. The summed E-state index contributed by atoms with van der Waals surface area (Å²) in [6.45, 7) is -0.410. The Balaban J connectivity index is 1.63. The van der Waals surface area contributed by atoms with Crippen molar-refractivity contribution in [1.29, 1.82) is 0 Å². The zero-order valence-corrected chi connectivity index (χ0v) is 17.6. The second-order valence-electron chi connectivity index (χ2n) is 7.02. The number of carbonyl (C=O) groups is 1. The molecule has 2 aromatic rings. The predicted molar refractivity (Wildman–Crippen MR) is 104 cm³/mol. The van der Waals surface area contributed by atoms with Gasteiger partial charge in [0, 0.05) is 18.7 Å². The molecule has 0 atom stereocenters. The van der Waals surface area contributed by atoms with Gasteiger partial charge in [0.2, 0.25) is 10.0 Å². The first-order valence-electron chi connectivity index (χ1n) is 9.27. The van der Waals surface area contributed by atoms with E-state index < -0.39 is 44.4 Å². The lowest BCUT2D eigenvalue weighted by molar-refractivity contribution is -0.151. The molecular formula is C20H18ClF4NO4S. The van der Waals surface area contributed by atoms with Gasteiger partial charge in [0.1, 0.15) is 12.4 Å². The molecule has 0 amide bonds. The summed E-state index contributed by atoms with van der Waals surface area (Å²) in [5.41, 5.74) is -0.812. The van der Waals surface area contributed by atoms with E-state index in [-0.39, 0.29) is 37.6 Å². The SMILES string of the molecule is O=C(OCc1ccc(F)cc1Cl)C1CCN(S(=O)(=O)c2ccccc2C(F)(F)F)CC1. The van der Waals surface area contributed by atoms with Crippen LogP contribution >= 0.6 is 11.6 Å². The zero-order valence-electron chi connectivity index (χ0n) is 16.0. The molecule has 1 saturated heterocycles. The Morgan fingerprint density at radius 1 is 1.13 bits per heavy atom. The lowest BCUT2D eigenvalue weighted by Gasteiger charge is -2.30. The quantitative estimate of drug-likeness (QED) is 0.463. The first-order valence-corrected chi connectivity index (χ1v) is 11.1. The summed E-state index contributed by atoms with van der Waals surface area (Å²) >= 11 is 5.89. The average Bonchev–Trinajstić information content (AvgIpc) is 2.72. The summed E-state index contributed by atoms with van der Waals surface area (Å²) in [4.78, 5) is 11.5. The lowest BCUT2D eigenvalue weighted by atomic mass is 9.98. The fourth-order valence-electron chi connectivity index (χ4n) is 3.30. The molecule has 0 unspecified atom stereocenters. The topological polar surface area (TPSA) is 63.7 Å². The molecule has 0 aromatic heterocycles. The molecule has 1 fully saturated rings. The van der Waals surface area contributed by atoms with Gasteiger partial charge in [-0.05, 0) is 37.1 Å². The molecular weight excluding hydrogens is 462 g/mol. The number of sulfonamides is 1. The van der Waals surface area contributed by atoms with Crippen molar-refractivity contribution >= 4 is 27.6 Å². The Hall–Kier alpha value is -2.17.